The van der Waals surface area contributed by atoms with Crippen LogP contribution in [0.25, 0.3) is 0 Å². The molecule has 4 saturated carbocycles. The first-order valence-electron chi connectivity index (χ1n) is 23.9. The first kappa shape index (κ1) is 48.1. The minimum Gasteiger partial charge on any atom is -0.396 e. The van der Waals surface area contributed by atoms with Crippen molar-refractivity contribution in [2.75, 3.05) is 26.4 Å². The number of aliphatic hydroxyl groups excluding tert-OH is 10. The molecule has 64 heavy (non-hydrogen) atoms. The Labute approximate surface area is 376 Å². The highest BCUT2D eigenvalue weighted by atomic mass is 16.8. The lowest BCUT2D eigenvalue weighted by Gasteiger charge is -2.73. The highest BCUT2D eigenvalue weighted by Gasteiger charge is 2.79. The number of rotatable bonds is 8. The molecule has 0 aromatic rings. The molecule has 366 valence electrons. The Hall–Kier alpha value is -0.940. The van der Waals surface area contributed by atoms with Crippen LogP contribution in [-0.4, -0.2) is 181 Å². The summed E-state index contributed by atoms with van der Waals surface area (Å²) in [4.78, 5) is 0. The summed E-state index contributed by atoms with van der Waals surface area (Å²) in [6.45, 7) is 14.6. The maximum absolute atomic E-state index is 12.2. The second kappa shape index (κ2) is 16.3. The van der Waals surface area contributed by atoms with Gasteiger partial charge < -0.3 is 84.2 Å². The number of aliphatic hydroxyl groups is 10. The molecule has 17 heteroatoms. The highest BCUT2D eigenvalue weighted by Crippen LogP contribution is 2.79. The van der Waals surface area contributed by atoms with E-state index in [4.69, 9.17) is 33.2 Å². The molecule has 1 spiro atoms. The molecule has 25 atom stereocenters. The van der Waals surface area contributed by atoms with Crippen LogP contribution in [0.4, 0.5) is 0 Å². The fourth-order valence-corrected chi connectivity index (χ4v) is 15.5. The van der Waals surface area contributed by atoms with Crippen molar-refractivity contribution in [3.8, 4) is 0 Å². The van der Waals surface area contributed by atoms with Crippen LogP contribution in [0.1, 0.15) is 99.8 Å². The molecule has 0 aromatic carbocycles. The molecule has 2 bridgehead atoms. The van der Waals surface area contributed by atoms with E-state index in [9.17, 15) is 51.1 Å². The molecular weight excluding hydrogens is 837 g/mol. The highest BCUT2D eigenvalue weighted by molar-refractivity contribution is 5.36. The summed E-state index contributed by atoms with van der Waals surface area (Å²) in [5.74, 6) is 0.268. The molecule has 4 heterocycles. The number of allylic oxidation sites excluding steroid dienone is 1. The van der Waals surface area contributed by atoms with Crippen molar-refractivity contribution in [2.24, 2.45) is 50.2 Å². The molecule has 0 aromatic heterocycles. The van der Waals surface area contributed by atoms with Crippen LogP contribution < -0.4 is 0 Å². The van der Waals surface area contributed by atoms with Gasteiger partial charge in [-0.2, -0.15) is 0 Å². The molecule has 17 nitrogen and oxygen atoms in total. The van der Waals surface area contributed by atoms with E-state index in [1.54, 1.807) is 6.92 Å². The molecule has 9 rings (SSSR count). The summed E-state index contributed by atoms with van der Waals surface area (Å²) in [7, 11) is 0. The van der Waals surface area contributed by atoms with Crippen molar-refractivity contribution in [3.05, 3.63) is 12.2 Å². The number of ether oxygens (including phenoxy) is 7. The Bertz CT molecular complexity index is 1750. The normalized spacial score (nSPS) is 59.0. The van der Waals surface area contributed by atoms with Gasteiger partial charge in [-0.25, -0.2) is 0 Å². The lowest BCUT2D eigenvalue weighted by Crippen LogP contribution is -2.72. The summed E-state index contributed by atoms with van der Waals surface area (Å²) in [5.41, 5.74) is -2.30. The van der Waals surface area contributed by atoms with E-state index in [1.807, 2.05) is 6.92 Å². The van der Waals surface area contributed by atoms with Gasteiger partial charge in [0.05, 0.1) is 50.3 Å². The summed E-state index contributed by atoms with van der Waals surface area (Å²) in [5, 5.41) is 110. The Morgan fingerprint density at radius 3 is 2.03 bits per heavy atom. The monoisotopic (exact) mass is 913 g/mol. The quantitative estimate of drug-likeness (QED) is 0.116. The van der Waals surface area contributed by atoms with Gasteiger partial charge >= 0.3 is 0 Å². The topological polar surface area (TPSA) is 267 Å². The smallest absolute Gasteiger partial charge is 0.187 e. The summed E-state index contributed by atoms with van der Waals surface area (Å²) in [6, 6.07) is 0. The van der Waals surface area contributed by atoms with E-state index in [1.165, 1.54) is 0 Å². The first-order chi connectivity index (χ1) is 30.0. The molecule has 0 amide bonds. The van der Waals surface area contributed by atoms with E-state index >= 15 is 0 Å². The van der Waals surface area contributed by atoms with Gasteiger partial charge in [0, 0.05) is 22.2 Å². The molecule has 0 unspecified atom stereocenters. The largest absolute Gasteiger partial charge is 0.396 e. The van der Waals surface area contributed by atoms with Crippen LogP contribution in [-0.2, 0) is 33.2 Å². The van der Waals surface area contributed by atoms with E-state index in [-0.39, 0.29) is 51.4 Å². The van der Waals surface area contributed by atoms with Crippen LogP contribution >= 0.6 is 0 Å². The van der Waals surface area contributed by atoms with Crippen LogP contribution in [0.3, 0.4) is 0 Å². The van der Waals surface area contributed by atoms with Crippen molar-refractivity contribution >= 4 is 0 Å². The summed E-state index contributed by atoms with van der Waals surface area (Å²) < 4.78 is 43.7. The zero-order valence-electron chi connectivity index (χ0n) is 38.4. The third kappa shape index (κ3) is 6.72. The van der Waals surface area contributed by atoms with E-state index < -0.39 is 122 Å². The standard InChI is InChI=1S/C47H76O17/c1-22-30(52)33(55)36(64-40-37(34(56)32(54)24(18-48)61-40)63-38-35(57)31(53)23(50)19-58-38)39(60-22)62-29-10-11-42(4)25(43(29,5)20-49)8-12-44(6)26(42)9-13-47-27-16-41(2,3)14-15-46(27,21-59-47)28(51)17-45(44,47)7/h9,13,22-40,48-57H,8,10-12,14-21H2,1-7H3/t22-,23-,24-,25-,26-,27-,28-,29+,30+,31+,32-,33+,34+,35-,36-,37-,38+,39+,40+,42+,43+,44-,45+,46-,47+/m1/s1. The maximum atomic E-state index is 12.2. The Balaban J connectivity index is 0.990. The second-order valence-electron chi connectivity index (χ2n) is 23.3. The molecular formula is C47H76O17. The first-order valence-corrected chi connectivity index (χ1v) is 23.9. The van der Waals surface area contributed by atoms with Gasteiger partial charge in [0.1, 0.15) is 61.0 Å². The molecule has 8 fully saturated rings. The molecule has 10 N–H and O–H groups in total. The van der Waals surface area contributed by atoms with E-state index in [0.717, 1.165) is 38.5 Å². The Morgan fingerprint density at radius 1 is 0.672 bits per heavy atom. The Kier molecular flexibility index (Phi) is 12.3. The number of hydrogen-bond acceptors (Lipinski definition) is 17. The molecule has 4 aliphatic heterocycles. The maximum Gasteiger partial charge on any atom is 0.187 e. The van der Waals surface area contributed by atoms with Gasteiger partial charge in [-0.3, -0.25) is 0 Å². The molecule has 4 saturated heterocycles. The molecule has 0 radical (unpaired) electrons. The zero-order chi connectivity index (χ0) is 46.3. The van der Waals surface area contributed by atoms with Crippen molar-refractivity contribution in [3.63, 3.8) is 0 Å². The third-order valence-electron chi connectivity index (χ3n) is 19.6. The predicted octanol–water partition coefficient (Wildman–Crippen LogP) is 0.240. The van der Waals surface area contributed by atoms with E-state index in [0.29, 0.717) is 19.4 Å². The van der Waals surface area contributed by atoms with E-state index in [2.05, 4.69) is 46.8 Å². The van der Waals surface area contributed by atoms with Gasteiger partial charge in [-0.1, -0.05) is 53.7 Å². The second-order valence-corrected chi connectivity index (χ2v) is 23.3. The van der Waals surface area contributed by atoms with Crippen LogP contribution in [0.15, 0.2) is 12.2 Å². The SMILES string of the molecule is C[C@H]1O[C@@H](O[C@H]2CC[C@@]3(C)[C@@H](CC[C@]4(C)[C@@H]3C=C[C@]35OC[C@@]6(CCC(C)(C)C[C@H]63)[C@H](O)C[C@]54C)[C@]2(C)CO)[C@H](O[C@@H]2O[C@H](CO)[C@@H](O)[C@H](O)[C@H]2O[C@@H]2OC[C@@H](O)[C@H](O)[C@H]2O)[C@@H](O)[C@H]1O. The van der Waals surface area contributed by atoms with Crippen molar-refractivity contribution in [1.29, 1.82) is 0 Å². The van der Waals surface area contributed by atoms with Gasteiger partial charge in [-0.05, 0) is 86.4 Å². The van der Waals surface area contributed by atoms with Gasteiger partial charge in [-0.15, -0.1) is 0 Å². The summed E-state index contributed by atoms with van der Waals surface area (Å²) in [6.07, 6.45) is -11.4. The lowest BCUT2D eigenvalue weighted by molar-refractivity contribution is -0.394. The van der Waals surface area contributed by atoms with Gasteiger partial charge in [0.2, 0.25) is 0 Å². The van der Waals surface area contributed by atoms with Crippen LogP contribution in [0, 0.1) is 50.2 Å². The minimum atomic E-state index is -1.81. The zero-order valence-corrected chi connectivity index (χ0v) is 38.4. The van der Waals surface area contributed by atoms with Gasteiger partial charge in [0.25, 0.3) is 0 Å². The Morgan fingerprint density at radius 2 is 1.34 bits per heavy atom. The summed E-state index contributed by atoms with van der Waals surface area (Å²) >= 11 is 0. The van der Waals surface area contributed by atoms with Crippen molar-refractivity contribution in [2.45, 2.75) is 204 Å². The predicted molar refractivity (Wildman–Crippen MR) is 223 cm³/mol. The third-order valence-corrected chi connectivity index (χ3v) is 19.6. The molecule has 5 aliphatic carbocycles. The van der Waals surface area contributed by atoms with Crippen LogP contribution in [0.5, 0.6) is 0 Å². The van der Waals surface area contributed by atoms with Crippen LogP contribution in [0.2, 0.25) is 0 Å². The average molecular weight is 913 g/mol. The fraction of sp³-hybridized carbons (Fsp3) is 0.957. The number of hydrogen-bond donors (Lipinski definition) is 10. The van der Waals surface area contributed by atoms with Crippen molar-refractivity contribution in [1.82, 2.24) is 0 Å². The fourth-order valence-electron chi connectivity index (χ4n) is 15.5. The minimum absolute atomic E-state index is 0.0390. The number of fused-ring (bicyclic) bond motifs is 4. The lowest BCUT2D eigenvalue weighted by atomic mass is 9.32. The van der Waals surface area contributed by atoms with Gasteiger partial charge in [0.15, 0.2) is 18.9 Å². The molecule has 9 aliphatic rings. The van der Waals surface area contributed by atoms with Crippen molar-refractivity contribution < 1.29 is 84.2 Å². The average Bonchev–Trinajstić information content (AvgIpc) is 3.53.